The zero-order valence-corrected chi connectivity index (χ0v) is 13.0. The maximum Gasteiger partial charge on any atom is 0.193 e. The average molecular weight is 316 g/mol. The van der Waals surface area contributed by atoms with Crippen molar-refractivity contribution in [1.82, 2.24) is 0 Å². The highest BCUT2D eigenvalue weighted by Gasteiger charge is 2.02. The van der Waals surface area contributed by atoms with E-state index in [-0.39, 0.29) is 0 Å². The predicted molar refractivity (Wildman–Crippen MR) is 93.6 cm³/mol. The van der Waals surface area contributed by atoms with E-state index in [0.717, 1.165) is 11.3 Å². The van der Waals surface area contributed by atoms with Gasteiger partial charge in [-0.15, -0.1) is 0 Å². The van der Waals surface area contributed by atoms with Gasteiger partial charge in [0.1, 0.15) is 5.75 Å². The topological polar surface area (TPSA) is 59.6 Å². The van der Waals surface area contributed by atoms with E-state index in [1.165, 1.54) is 0 Å². The third-order valence-electron chi connectivity index (χ3n) is 2.90. The van der Waals surface area contributed by atoms with Gasteiger partial charge in [-0.05, 0) is 23.8 Å². The van der Waals surface area contributed by atoms with E-state index in [2.05, 4.69) is 10.3 Å². The van der Waals surface area contributed by atoms with Crippen LogP contribution < -0.4 is 15.8 Å². The molecular weight excluding hydrogens is 298 g/mol. The van der Waals surface area contributed by atoms with Crippen LogP contribution in [0.1, 0.15) is 5.56 Å². The third-order valence-corrected chi connectivity index (χ3v) is 3.20. The Morgan fingerprint density at radius 3 is 2.73 bits per heavy atom. The number of hydrogen-bond acceptors (Lipinski definition) is 2. The van der Waals surface area contributed by atoms with Gasteiger partial charge in [0.15, 0.2) is 5.96 Å². The summed E-state index contributed by atoms with van der Waals surface area (Å²) in [6.45, 7) is 0.498. The second kappa shape index (κ2) is 8.10. The van der Waals surface area contributed by atoms with E-state index in [9.17, 15) is 0 Å². The zero-order chi connectivity index (χ0) is 15.8. The fraction of sp³-hybridized carbons (Fsp3) is 0.118. The predicted octanol–water partition coefficient (Wildman–Crippen LogP) is 3.79. The molecule has 0 radical (unpaired) electrons. The van der Waals surface area contributed by atoms with Crippen LogP contribution in [0.3, 0.4) is 0 Å². The van der Waals surface area contributed by atoms with Crippen molar-refractivity contribution >= 4 is 29.3 Å². The molecule has 2 aromatic rings. The van der Waals surface area contributed by atoms with Gasteiger partial charge in [-0.3, -0.25) is 0 Å². The van der Waals surface area contributed by atoms with Crippen molar-refractivity contribution in [2.24, 2.45) is 10.7 Å². The van der Waals surface area contributed by atoms with E-state index in [4.69, 9.17) is 22.1 Å². The van der Waals surface area contributed by atoms with Crippen LogP contribution in [-0.2, 0) is 0 Å². The number of hydrogen-bond donors (Lipinski definition) is 2. The number of nitrogens with zero attached hydrogens (tertiary/aromatic N) is 1. The van der Waals surface area contributed by atoms with Crippen LogP contribution in [0.4, 0.5) is 5.69 Å². The number of anilines is 1. The number of nitrogens with two attached hydrogens (primary N) is 1. The molecule has 5 heteroatoms. The summed E-state index contributed by atoms with van der Waals surface area (Å²) in [7, 11) is 1.57. The SMILES string of the molecule is COc1ccc(NC(N)=NCC=Cc2ccccc2)cc1Cl. The lowest BCUT2D eigenvalue weighted by Crippen LogP contribution is -2.22. The molecule has 114 valence electrons. The van der Waals surface area contributed by atoms with Gasteiger partial charge in [0.25, 0.3) is 0 Å². The summed E-state index contributed by atoms with van der Waals surface area (Å²) in [5.74, 6) is 0.951. The molecule has 0 atom stereocenters. The number of rotatable bonds is 5. The average Bonchev–Trinajstić information content (AvgIpc) is 2.53. The number of halogens is 1. The number of methoxy groups -OCH3 is 1. The Kier molecular flexibility index (Phi) is 5.86. The minimum Gasteiger partial charge on any atom is -0.495 e. The molecular formula is C17H18ClN3O. The molecule has 0 spiro atoms. The second-order valence-corrected chi connectivity index (χ2v) is 4.92. The van der Waals surface area contributed by atoms with Gasteiger partial charge in [-0.1, -0.05) is 54.1 Å². The van der Waals surface area contributed by atoms with Crippen LogP contribution in [0, 0.1) is 0 Å². The van der Waals surface area contributed by atoms with Gasteiger partial charge in [0.05, 0.1) is 18.7 Å². The van der Waals surface area contributed by atoms with Gasteiger partial charge in [0, 0.05) is 5.69 Å². The van der Waals surface area contributed by atoms with E-state index in [1.807, 2.05) is 48.6 Å². The Hall–Kier alpha value is -2.46. The molecule has 3 N–H and O–H groups in total. The number of benzene rings is 2. The van der Waals surface area contributed by atoms with Gasteiger partial charge < -0.3 is 15.8 Å². The molecule has 0 aliphatic rings. The highest BCUT2D eigenvalue weighted by molar-refractivity contribution is 6.32. The van der Waals surface area contributed by atoms with E-state index in [0.29, 0.717) is 23.3 Å². The number of aliphatic imine (C=N–C) groups is 1. The number of guanidine groups is 1. The maximum atomic E-state index is 6.05. The monoisotopic (exact) mass is 315 g/mol. The standard InChI is InChI=1S/C17H18ClN3O/c1-22-16-10-9-14(12-15(16)18)21-17(19)20-11-5-8-13-6-3-2-4-7-13/h2-10,12H,11H2,1H3,(H3,19,20,21). The van der Waals surface area contributed by atoms with Crippen LogP contribution in [-0.4, -0.2) is 19.6 Å². The van der Waals surface area contributed by atoms with Crippen molar-refractivity contribution in [3.8, 4) is 5.75 Å². The van der Waals surface area contributed by atoms with Crippen molar-refractivity contribution in [3.63, 3.8) is 0 Å². The molecule has 4 nitrogen and oxygen atoms in total. The first-order valence-electron chi connectivity index (χ1n) is 6.81. The fourth-order valence-electron chi connectivity index (χ4n) is 1.84. The Morgan fingerprint density at radius 2 is 2.05 bits per heavy atom. The van der Waals surface area contributed by atoms with Crippen LogP contribution in [0.25, 0.3) is 6.08 Å². The minimum atomic E-state index is 0.332. The lowest BCUT2D eigenvalue weighted by Gasteiger charge is -2.08. The van der Waals surface area contributed by atoms with E-state index < -0.39 is 0 Å². The van der Waals surface area contributed by atoms with E-state index >= 15 is 0 Å². The molecule has 0 saturated carbocycles. The second-order valence-electron chi connectivity index (χ2n) is 4.51. The summed E-state index contributed by atoms with van der Waals surface area (Å²) in [4.78, 5) is 4.23. The van der Waals surface area contributed by atoms with Crippen molar-refractivity contribution in [3.05, 3.63) is 65.2 Å². The minimum absolute atomic E-state index is 0.332. The van der Waals surface area contributed by atoms with Gasteiger partial charge in [-0.25, -0.2) is 4.99 Å². The Balaban J connectivity index is 1.90. The summed E-state index contributed by atoms with van der Waals surface area (Å²) in [6.07, 6.45) is 3.95. The first-order valence-corrected chi connectivity index (χ1v) is 7.19. The Morgan fingerprint density at radius 1 is 1.27 bits per heavy atom. The van der Waals surface area contributed by atoms with Crippen LogP contribution in [0.5, 0.6) is 5.75 Å². The van der Waals surface area contributed by atoms with Gasteiger partial charge >= 0.3 is 0 Å². The smallest absolute Gasteiger partial charge is 0.193 e. The fourth-order valence-corrected chi connectivity index (χ4v) is 2.09. The molecule has 2 aromatic carbocycles. The summed E-state index contributed by atoms with van der Waals surface area (Å²) >= 11 is 6.05. The highest BCUT2D eigenvalue weighted by Crippen LogP contribution is 2.26. The van der Waals surface area contributed by atoms with Crippen molar-refractivity contribution in [2.45, 2.75) is 0 Å². The van der Waals surface area contributed by atoms with Crippen molar-refractivity contribution < 1.29 is 4.74 Å². The lowest BCUT2D eigenvalue weighted by molar-refractivity contribution is 0.415. The molecule has 0 fully saturated rings. The summed E-state index contributed by atoms with van der Waals surface area (Å²) in [5, 5.41) is 3.50. The first-order chi connectivity index (χ1) is 10.7. The molecule has 0 amide bonds. The maximum absolute atomic E-state index is 6.05. The molecule has 0 bridgehead atoms. The van der Waals surface area contributed by atoms with Gasteiger partial charge in [0.2, 0.25) is 0 Å². The Labute approximate surface area is 135 Å². The summed E-state index contributed by atoms with van der Waals surface area (Å²) in [6, 6.07) is 15.4. The molecule has 0 unspecified atom stereocenters. The summed E-state index contributed by atoms with van der Waals surface area (Å²) in [5.41, 5.74) is 7.73. The third kappa shape index (κ3) is 4.82. The first kappa shape index (κ1) is 15.9. The lowest BCUT2D eigenvalue weighted by atomic mass is 10.2. The molecule has 0 saturated heterocycles. The summed E-state index contributed by atoms with van der Waals surface area (Å²) < 4.78 is 5.10. The number of nitrogens with one attached hydrogen (secondary N) is 1. The quantitative estimate of drug-likeness (QED) is 0.652. The van der Waals surface area contributed by atoms with Crippen LogP contribution in [0.15, 0.2) is 59.6 Å². The Bertz CT molecular complexity index is 669. The molecule has 0 heterocycles. The van der Waals surface area contributed by atoms with Crippen molar-refractivity contribution in [2.75, 3.05) is 19.0 Å². The molecule has 0 aliphatic heterocycles. The normalized spacial score (nSPS) is 11.6. The molecule has 0 aromatic heterocycles. The number of ether oxygens (including phenoxy) is 1. The largest absolute Gasteiger partial charge is 0.495 e. The zero-order valence-electron chi connectivity index (χ0n) is 12.3. The molecule has 2 rings (SSSR count). The van der Waals surface area contributed by atoms with Crippen molar-refractivity contribution in [1.29, 1.82) is 0 Å². The molecule has 22 heavy (non-hydrogen) atoms. The molecule has 0 aliphatic carbocycles. The van der Waals surface area contributed by atoms with Gasteiger partial charge in [-0.2, -0.15) is 0 Å². The van der Waals surface area contributed by atoms with E-state index in [1.54, 1.807) is 19.2 Å². The van der Waals surface area contributed by atoms with Crippen LogP contribution >= 0.6 is 11.6 Å². The van der Waals surface area contributed by atoms with Crippen LogP contribution in [0.2, 0.25) is 5.02 Å². The highest BCUT2D eigenvalue weighted by atomic mass is 35.5.